The largest absolute Gasteiger partial charge is 0.459 e. The minimum absolute atomic E-state index is 0.135. The van der Waals surface area contributed by atoms with Gasteiger partial charge in [-0.25, -0.2) is 4.79 Å². The first-order chi connectivity index (χ1) is 15.3. The molecule has 8 heteroatoms. The van der Waals surface area contributed by atoms with E-state index in [1.165, 1.54) is 6.42 Å². The average molecular weight is 459 g/mol. The second-order valence-electron chi connectivity index (χ2n) is 9.79. The number of carbonyl (C=O) groups excluding carboxylic acids is 2. The summed E-state index contributed by atoms with van der Waals surface area (Å²) in [5, 5.41) is 10.7. The van der Waals surface area contributed by atoms with E-state index in [9.17, 15) is 9.59 Å². The third kappa shape index (κ3) is 3.86. The van der Waals surface area contributed by atoms with Crippen molar-refractivity contribution in [1.29, 1.82) is 0 Å². The average Bonchev–Trinajstić information content (AvgIpc) is 3.33. The highest BCUT2D eigenvalue weighted by Gasteiger charge is 2.43. The van der Waals surface area contributed by atoms with Crippen molar-refractivity contribution in [3.05, 3.63) is 28.5 Å². The van der Waals surface area contributed by atoms with Gasteiger partial charge in [0.05, 0.1) is 22.8 Å². The molecule has 2 aliphatic heterocycles. The van der Waals surface area contributed by atoms with Crippen LogP contribution >= 0.6 is 11.6 Å². The molecule has 1 unspecified atom stereocenters. The molecule has 3 N–H and O–H groups in total. The number of furan rings is 1. The van der Waals surface area contributed by atoms with E-state index in [0.717, 1.165) is 60.9 Å². The van der Waals surface area contributed by atoms with E-state index in [4.69, 9.17) is 16.0 Å². The summed E-state index contributed by atoms with van der Waals surface area (Å²) in [4.78, 5) is 26.4. The molecule has 2 aromatic rings. The zero-order chi connectivity index (χ0) is 22.5. The molecule has 1 saturated carbocycles. The first-order valence-electron chi connectivity index (χ1n) is 11.7. The van der Waals surface area contributed by atoms with Crippen LogP contribution in [0.15, 0.2) is 16.5 Å². The van der Waals surface area contributed by atoms with Crippen LogP contribution in [0.1, 0.15) is 70.1 Å². The topological polar surface area (TPSA) is 86.6 Å². The summed E-state index contributed by atoms with van der Waals surface area (Å²) in [6, 6.07) is 4.25. The summed E-state index contributed by atoms with van der Waals surface area (Å²) in [5.74, 6) is 1.00. The summed E-state index contributed by atoms with van der Waals surface area (Å²) in [6.45, 7) is 5.77. The van der Waals surface area contributed by atoms with Crippen LogP contribution in [0.25, 0.3) is 11.0 Å². The third-order valence-corrected chi connectivity index (χ3v) is 7.51. The molecule has 1 spiro atoms. The Labute approximate surface area is 193 Å². The Morgan fingerprint density at radius 2 is 2.00 bits per heavy atom. The molecule has 1 aromatic heterocycles. The van der Waals surface area contributed by atoms with Gasteiger partial charge in [-0.15, -0.1) is 0 Å². The van der Waals surface area contributed by atoms with Crippen molar-refractivity contribution in [3.8, 4) is 0 Å². The number of hydrogen-bond acceptors (Lipinski definition) is 4. The SMILES string of the molecule is CC(C)N(Cc1cc2cc(Cl)c3c(c2o1)C1(CCCCC1)NC(=O)N3)CC1CCC(=O)N1. The van der Waals surface area contributed by atoms with Crippen molar-refractivity contribution in [1.82, 2.24) is 15.5 Å². The molecule has 1 aromatic carbocycles. The summed E-state index contributed by atoms with van der Waals surface area (Å²) < 4.78 is 6.47. The second-order valence-corrected chi connectivity index (χ2v) is 10.2. The van der Waals surface area contributed by atoms with E-state index in [1.54, 1.807) is 0 Å². The quantitative estimate of drug-likeness (QED) is 0.596. The van der Waals surface area contributed by atoms with E-state index in [0.29, 0.717) is 29.7 Å². The number of amides is 3. The van der Waals surface area contributed by atoms with Crippen LogP contribution in [0, 0.1) is 0 Å². The van der Waals surface area contributed by atoms with E-state index in [1.807, 2.05) is 6.07 Å². The van der Waals surface area contributed by atoms with Gasteiger partial charge in [-0.05, 0) is 45.2 Å². The lowest BCUT2D eigenvalue weighted by molar-refractivity contribution is -0.119. The van der Waals surface area contributed by atoms with Gasteiger partial charge in [0.25, 0.3) is 0 Å². The minimum Gasteiger partial charge on any atom is -0.459 e. The van der Waals surface area contributed by atoms with Crippen molar-refractivity contribution < 1.29 is 14.0 Å². The van der Waals surface area contributed by atoms with Crippen molar-refractivity contribution in [2.24, 2.45) is 0 Å². The van der Waals surface area contributed by atoms with E-state index >= 15 is 0 Å². The molecule has 1 atom stereocenters. The molecule has 3 aliphatic rings. The lowest BCUT2D eigenvalue weighted by atomic mass is 9.74. The zero-order valence-electron chi connectivity index (χ0n) is 18.7. The minimum atomic E-state index is -0.431. The molecular formula is C24H31ClN4O3. The van der Waals surface area contributed by atoms with Crippen LogP contribution in [-0.2, 0) is 16.9 Å². The first kappa shape index (κ1) is 21.6. The first-order valence-corrected chi connectivity index (χ1v) is 12.1. The Bertz CT molecular complexity index is 1060. The van der Waals surface area contributed by atoms with Gasteiger partial charge in [0, 0.05) is 36.0 Å². The third-order valence-electron chi connectivity index (χ3n) is 7.22. The number of anilines is 1. The molecule has 2 fully saturated rings. The summed E-state index contributed by atoms with van der Waals surface area (Å²) >= 11 is 6.65. The zero-order valence-corrected chi connectivity index (χ0v) is 19.5. The molecular weight excluding hydrogens is 428 g/mol. The second kappa shape index (κ2) is 8.27. The maximum Gasteiger partial charge on any atom is 0.319 e. The summed E-state index contributed by atoms with van der Waals surface area (Å²) in [6.07, 6.45) is 6.56. The van der Waals surface area contributed by atoms with E-state index in [-0.39, 0.29) is 18.0 Å². The predicted octanol–water partition coefficient (Wildman–Crippen LogP) is 4.87. The highest BCUT2D eigenvalue weighted by molar-refractivity contribution is 6.35. The molecule has 7 nitrogen and oxygen atoms in total. The maximum atomic E-state index is 12.5. The van der Waals surface area contributed by atoms with Crippen LogP contribution in [0.4, 0.5) is 10.5 Å². The van der Waals surface area contributed by atoms with Crippen LogP contribution in [0.5, 0.6) is 0 Å². The Morgan fingerprint density at radius 1 is 1.22 bits per heavy atom. The van der Waals surface area contributed by atoms with Crippen molar-refractivity contribution >= 4 is 40.2 Å². The maximum absolute atomic E-state index is 12.5. The van der Waals surface area contributed by atoms with Gasteiger partial charge in [0.2, 0.25) is 5.91 Å². The van der Waals surface area contributed by atoms with Crippen LogP contribution in [0.3, 0.4) is 0 Å². The number of nitrogens with one attached hydrogen (secondary N) is 3. The Hall–Kier alpha value is -2.25. The van der Waals surface area contributed by atoms with Gasteiger partial charge in [0.1, 0.15) is 11.3 Å². The number of nitrogens with zero attached hydrogens (tertiary/aromatic N) is 1. The van der Waals surface area contributed by atoms with Crippen LogP contribution in [-0.4, -0.2) is 35.5 Å². The number of halogens is 1. The molecule has 32 heavy (non-hydrogen) atoms. The lowest BCUT2D eigenvalue weighted by Crippen LogP contribution is -2.52. The monoisotopic (exact) mass is 458 g/mol. The number of hydrogen-bond donors (Lipinski definition) is 3. The fourth-order valence-corrected chi connectivity index (χ4v) is 5.83. The molecule has 3 heterocycles. The molecule has 172 valence electrons. The number of rotatable bonds is 5. The Morgan fingerprint density at radius 3 is 2.69 bits per heavy atom. The normalized spacial score (nSPS) is 22.3. The molecule has 0 radical (unpaired) electrons. The molecule has 5 rings (SSSR count). The molecule has 1 aliphatic carbocycles. The fourth-order valence-electron chi connectivity index (χ4n) is 5.57. The van der Waals surface area contributed by atoms with Crippen LogP contribution in [0.2, 0.25) is 5.02 Å². The molecule has 1 saturated heterocycles. The van der Waals surface area contributed by atoms with Gasteiger partial charge < -0.3 is 20.4 Å². The molecule has 0 bridgehead atoms. The van der Waals surface area contributed by atoms with Crippen molar-refractivity contribution in [2.45, 2.75) is 83.0 Å². The van der Waals surface area contributed by atoms with Gasteiger partial charge in [-0.3, -0.25) is 9.69 Å². The lowest BCUT2D eigenvalue weighted by Gasteiger charge is -2.42. The summed E-state index contributed by atoms with van der Waals surface area (Å²) in [7, 11) is 0. The van der Waals surface area contributed by atoms with Gasteiger partial charge >= 0.3 is 6.03 Å². The Balaban J connectivity index is 1.51. The number of carbonyl (C=O) groups is 2. The highest BCUT2D eigenvalue weighted by Crippen LogP contribution is 2.49. The van der Waals surface area contributed by atoms with Crippen LogP contribution < -0.4 is 16.0 Å². The number of fused-ring (bicyclic) bond motifs is 4. The van der Waals surface area contributed by atoms with E-state index in [2.05, 4.69) is 40.8 Å². The standard InChI is InChI=1S/C24H31ClN4O3/c1-14(2)29(12-16-6-7-19(30)26-16)13-17-10-15-11-18(25)21-20(22(15)32-17)24(28-23(31)27-21)8-4-3-5-9-24/h10-11,14,16H,3-9,12-13H2,1-2H3,(H,26,30)(H2,27,28,31). The van der Waals surface area contributed by atoms with Crippen molar-refractivity contribution in [3.63, 3.8) is 0 Å². The van der Waals surface area contributed by atoms with Gasteiger partial charge in [-0.2, -0.15) is 0 Å². The number of urea groups is 1. The van der Waals surface area contributed by atoms with Crippen molar-refractivity contribution in [2.75, 3.05) is 11.9 Å². The predicted molar refractivity (Wildman–Crippen MR) is 125 cm³/mol. The fraction of sp³-hybridized carbons (Fsp3) is 0.583. The van der Waals surface area contributed by atoms with Gasteiger partial charge in [0.15, 0.2) is 0 Å². The Kier molecular flexibility index (Phi) is 5.58. The molecule has 3 amide bonds. The van der Waals surface area contributed by atoms with E-state index < -0.39 is 5.54 Å². The number of benzene rings is 1. The smallest absolute Gasteiger partial charge is 0.319 e. The highest BCUT2D eigenvalue weighted by atomic mass is 35.5. The van der Waals surface area contributed by atoms with Gasteiger partial charge in [-0.1, -0.05) is 30.9 Å². The summed E-state index contributed by atoms with van der Waals surface area (Å²) in [5.41, 5.74) is 2.05.